The van der Waals surface area contributed by atoms with E-state index in [4.69, 9.17) is 11.6 Å². The van der Waals surface area contributed by atoms with Crippen LogP contribution in [0.3, 0.4) is 0 Å². The number of rotatable bonds is 9. The molecule has 1 N–H and O–H groups in total. The van der Waals surface area contributed by atoms with Crippen LogP contribution in [0.4, 0.5) is 0 Å². The molecule has 0 spiro atoms. The molecule has 0 radical (unpaired) electrons. The van der Waals surface area contributed by atoms with E-state index in [2.05, 4.69) is 11.4 Å². The van der Waals surface area contributed by atoms with Crippen LogP contribution in [0.1, 0.15) is 54.4 Å². The number of carbonyl (C=O) groups is 2. The fraction of sp³-hybridized carbons (Fsp3) is 0.355. The fourth-order valence-electron chi connectivity index (χ4n) is 5.03. The van der Waals surface area contributed by atoms with Gasteiger partial charge >= 0.3 is 0 Å². The van der Waals surface area contributed by atoms with Gasteiger partial charge in [0.2, 0.25) is 11.8 Å². The third-order valence-corrected chi connectivity index (χ3v) is 7.14. The zero-order valence-electron chi connectivity index (χ0n) is 21.0. The van der Waals surface area contributed by atoms with Crippen LogP contribution >= 0.6 is 11.6 Å². The zero-order valence-corrected chi connectivity index (χ0v) is 21.7. The van der Waals surface area contributed by atoms with E-state index in [1.807, 2.05) is 73.7 Å². The summed E-state index contributed by atoms with van der Waals surface area (Å²) in [6.45, 7) is 2.41. The molecule has 1 fully saturated rings. The van der Waals surface area contributed by atoms with Crippen molar-refractivity contribution < 1.29 is 9.59 Å². The van der Waals surface area contributed by atoms with Crippen LogP contribution in [0, 0.1) is 6.92 Å². The molecule has 0 saturated heterocycles. The molecule has 4 nitrogen and oxygen atoms in total. The lowest BCUT2D eigenvalue weighted by molar-refractivity contribution is -0.141. The van der Waals surface area contributed by atoms with Gasteiger partial charge in [0.25, 0.3) is 0 Å². The second-order valence-corrected chi connectivity index (χ2v) is 10.3. The van der Waals surface area contributed by atoms with Crippen LogP contribution in [0.25, 0.3) is 0 Å². The van der Waals surface area contributed by atoms with Crippen molar-refractivity contribution in [1.82, 2.24) is 10.2 Å². The molecule has 5 heteroatoms. The number of nitrogens with one attached hydrogen (secondary N) is 1. The molecular formula is C31H35ClN2O2. The monoisotopic (exact) mass is 502 g/mol. The summed E-state index contributed by atoms with van der Waals surface area (Å²) in [6.07, 6.45) is 6.14. The minimum atomic E-state index is -0.610. The Morgan fingerprint density at radius 2 is 1.58 bits per heavy atom. The molecule has 4 rings (SSSR count). The Labute approximate surface area is 219 Å². The van der Waals surface area contributed by atoms with Gasteiger partial charge in [0.1, 0.15) is 6.04 Å². The predicted molar refractivity (Wildman–Crippen MR) is 146 cm³/mol. The predicted octanol–water partition coefficient (Wildman–Crippen LogP) is 6.28. The fourth-order valence-corrected chi connectivity index (χ4v) is 5.24. The Morgan fingerprint density at radius 3 is 2.31 bits per heavy atom. The lowest BCUT2D eigenvalue weighted by Gasteiger charge is -2.33. The Hall–Kier alpha value is -3.11. The van der Waals surface area contributed by atoms with Gasteiger partial charge in [-0.3, -0.25) is 9.59 Å². The molecule has 0 aliphatic heterocycles. The highest BCUT2D eigenvalue weighted by molar-refractivity contribution is 6.30. The first-order valence-electron chi connectivity index (χ1n) is 12.9. The van der Waals surface area contributed by atoms with Crippen LogP contribution in [0.15, 0.2) is 78.9 Å². The molecule has 0 aromatic heterocycles. The quantitative estimate of drug-likeness (QED) is 0.374. The number of hydrogen-bond donors (Lipinski definition) is 1. The van der Waals surface area contributed by atoms with E-state index in [0.717, 1.165) is 47.9 Å². The zero-order chi connectivity index (χ0) is 25.3. The molecule has 0 unspecified atom stereocenters. The summed E-state index contributed by atoms with van der Waals surface area (Å²) in [7, 11) is 0. The first kappa shape index (κ1) is 26.0. The molecule has 1 saturated carbocycles. The topological polar surface area (TPSA) is 49.4 Å². The molecular weight excluding hydrogens is 468 g/mol. The molecule has 0 heterocycles. The van der Waals surface area contributed by atoms with E-state index in [0.29, 0.717) is 18.0 Å². The minimum absolute atomic E-state index is 0.0714. The summed E-state index contributed by atoms with van der Waals surface area (Å²) >= 11 is 6.19. The van der Waals surface area contributed by atoms with Crippen molar-refractivity contribution in [2.24, 2.45) is 0 Å². The molecule has 3 aromatic rings. The summed E-state index contributed by atoms with van der Waals surface area (Å²) in [4.78, 5) is 29.4. The largest absolute Gasteiger partial charge is 0.352 e. The number of carbonyl (C=O) groups excluding carboxylic acids is 2. The van der Waals surface area contributed by atoms with Gasteiger partial charge in [-0.05, 0) is 48.6 Å². The lowest BCUT2D eigenvalue weighted by Crippen LogP contribution is -2.53. The highest BCUT2D eigenvalue weighted by Gasteiger charge is 2.32. The lowest BCUT2D eigenvalue weighted by atomic mass is 9.94. The number of amides is 2. The van der Waals surface area contributed by atoms with Gasteiger partial charge in [-0.1, -0.05) is 103 Å². The molecule has 0 bridgehead atoms. The number of nitrogens with zero attached hydrogens (tertiary/aromatic N) is 1. The van der Waals surface area contributed by atoms with Gasteiger partial charge in [0, 0.05) is 24.0 Å². The smallest absolute Gasteiger partial charge is 0.243 e. The molecule has 1 aliphatic carbocycles. The SMILES string of the molecule is Cc1cccc(CN(C(=O)Cc2cccc(Cl)c2)[C@H](Cc2ccccc2)C(=O)NC2CCCCC2)c1. The first-order chi connectivity index (χ1) is 17.5. The average molecular weight is 503 g/mol. The number of halogens is 1. The van der Waals surface area contributed by atoms with Crippen LogP contribution < -0.4 is 5.32 Å². The van der Waals surface area contributed by atoms with Gasteiger partial charge in [-0.25, -0.2) is 0 Å². The Kier molecular flexibility index (Phi) is 9.18. The van der Waals surface area contributed by atoms with Crippen molar-refractivity contribution >= 4 is 23.4 Å². The van der Waals surface area contributed by atoms with Crippen LogP contribution in [-0.4, -0.2) is 28.8 Å². The van der Waals surface area contributed by atoms with E-state index in [1.165, 1.54) is 6.42 Å². The van der Waals surface area contributed by atoms with Crippen molar-refractivity contribution in [1.29, 1.82) is 0 Å². The second-order valence-electron chi connectivity index (χ2n) is 9.87. The highest BCUT2D eigenvalue weighted by atomic mass is 35.5. The van der Waals surface area contributed by atoms with E-state index in [1.54, 1.807) is 11.0 Å². The summed E-state index contributed by atoms with van der Waals surface area (Å²) in [5.41, 5.74) is 4.01. The summed E-state index contributed by atoms with van der Waals surface area (Å²) in [5, 5.41) is 3.89. The third kappa shape index (κ3) is 7.44. The molecule has 188 valence electrons. The second kappa shape index (κ2) is 12.7. The van der Waals surface area contributed by atoms with Crippen molar-refractivity contribution in [2.45, 2.75) is 70.5 Å². The summed E-state index contributed by atoms with van der Waals surface area (Å²) in [5.74, 6) is -0.156. The van der Waals surface area contributed by atoms with Crippen LogP contribution in [0.5, 0.6) is 0 Å². The molecule has 1 atom stereocenters. The van der Waals surface area contributed by atoms with E-state index in [-0.39, 0.29) is 24.3 Å². The van der Waals surface area contributed by atoms with E-state index < -0.39 is 6.04 Å². The van der Waals surface area contributed by atoms with E-state index >= 15 is 0 Å². The van der Waals surface area contributed by atoms with Gasteiger partial charge < -0.3 is 10.2 Å². The van der Waals surface area contributed by atoms with Crippen LogP contribution in [-0.2, 0) is 29.0 Å². The van der Waals surface area contributed by atoms with Crippen molar-refractivity contribution in [3.05, 3.63) is 106 Å². The summed E-state index contributed by atoms with van der Waals surface area (Å²) < 4.78 is 0. The van der Waals surface area contributed by atoms with Crippen molar-refractivity contribution in [3.63, 3.8) is 0 Å². The standard InChI is InChI=1S/C31H35ClN2O2/c1-23-10-8-14-26(18-23)22-34(30(35)21-25-13-9-15-27(32)19-25)29(20-24-11-4-2-5-12-24)31(36)33-28-16-6-3-7-17-28/h2,4-5,8-15,18-19,28-29H,3,6-7,16-17,20-22H2,1H3,(H,33,36)/t29-/m1/s1. The van der Waals surface area contributed by atoms with Crippen LogP contribution in [0.2, 0.25) is 5.02 Å². The molecule has 2 amide bonds. The molecule has 1 aliphatic rings. The normalized spacial score (nSPS) is 14.7. The van der Waals surface area contributed by atoms with E-state index in [9.17, 15) is 9.59 Å². The number of hydrogen-bond acceptors (Lipinski definition) is 2. The Morgan fingerprint density at radius 1 is 0.889 bits per heavy atom. The maximum absolute atomic E-state index is 13.8. The molecule has 36 heavy (non-hydrogen) atoms. The number of benzene rings is 3. The summed E-state index contributed by atoms with van der Waals surface area (Å²) in [6, 6.07) is 25.0. The third-order valence-electron chi connectivity index (χ3n) is 6.90. The maximum Gasteiger partial charge on any atom is 0.243 e. The Balaban J connectivity index is 1.65. The van der Waals surface area contributed by atoms with Gasteiger partial charge in [0.05, 0.1) is 6.42 Å². The molecule has 3 aromatic carbocycles. The van der Waals surface area contributed by atoms with Gasteiger partial charge in [0.15, 0.2) is 0 Å². The first-order valence-corrected chi connectivity index (χ1v) is 13.3. The maximum atomic E-state index is 13.8. The number of aryl methyl sites for hydroxylation is 1. The van der Waals surface area contributed by atoms with Crippen molar-refractivity contribution in [2.75, 3.05) is 0 Å². The Bertz CT molecular complexity index is 1160. The average Bonchev–Trinajstić information content (AvgIpc) is 2.87. The highest BCUT2D eigenvalue weighted by Crippen LogP contribution is 2.21. The minimum Gasteiger partial charge on any atom is -0.352 e. The van der Waals surface area contributed by atoms with Gasteiger partial charge in [-0.15, -0.1) is 0 Å². The van der Waals surface area contributed by atoms with Gasteiger partial charge in [-0.2, -0.15) is 0 Å². The van der Waals surface area contributed by atoms with Crippen molar-refractivity contribution in [3.8, 4) is 0 Å².